The van der Waals surface area contributed by atoms with E-state index in [9.17, 15) is 14.4 Å². The number of rotatable bonds is 6. The molecule has 2 amide bonds. The van der Waals surface area contributed by atoms with Crippen molar-refractivity contribution in [2.24, 2.45) is 5.73 Å². The lowest BCUT2D eigenvalue weighted by molar-refractivity contribution is -0.111. The van der Waals surface area contributed by atoms with Gasteiger partial charge in [0, 0.05) is 11.0 Å². The Balaban J connectivity index is 2.25. The van der Waals surface area contributed by atoms with Crippen LogP contribution in [-0.2, 0) is 9.53 Å². The Morgan fingerprint density at radius 1 is 1.32 bits per heavy atom. The number of primary amides is 1. The Kier molecular flexibility index (Phi) is 6.11. The van der Waals surface area contributed by atoms with Crippen molar-refractivity contribution in [3.63, 3.8) is 0 Å². The Bertz CT molecular complexity index is 820. The van der Waals surface area contributed by atoms with Gasteiger partial charge in [-0.3, -0.25) is 9.59 Å². The van der Waals surface area contributed by atoms with Crippen LogP contribution in [0.25, 0.3) is 6.08 Å². The number of hydrogen-bond acceptors (Lipinski definition) is 6. The fourth-order valence-corrected chi connectivity index (χ4v) is 3.77. The van der Waals surface area contributed by atoms with Crippen LogP contribution in [0.5, 0.6) is 0 Å². The molecule has 2 aromatic heterocycles. The third-order valence-electron chi connectivity index (χ3n) is 3.10. The molecule has 0 aliphatic carbocycles. The summed E-state index contributed by atoms with van der Waals surface area (Å²) in [6, 6.07) is 3.75. The van der Waals surface area contributed by atoms with E-state index in [-0.39, 0.29) is 21.5 Å². The molecule has 2 aromatic rings. The lowest BCUT2D eigenvalue weighted by atomic mass is 10.1. The summed E-state index contributed by atoms with van der Waals surface area (Å²) in [5, 5.41) is 4.75. The molecule has 2 heterocycles. The number of nitrogens with two attached hydrogens (primary N) is 1. The van der Waals surface area contributed by atoms with E-state index in [4.69, 9.17) is 10.5 Å². The molecule has 0 saturated heterocycles. The minimum atomic E-state index is -0.713. The molecule has 132 valence electrons. The average Bonchev–Trinajstić information content (AvgIpc) is 3.12. The highest BCUT2D eigenvalue weighted by Gasteiger charge is 2.25. The smallest absolute Gasteiger partial charge is 0.348 e. The van der Waals surface area contributed by atoms with E-state index in [0.717, 1.165) is 16.2 Å². The van der Waals surface area contributed by atoms with Crippen molar-refractivity contribution in [1.82, 2.24) is 0 Å². The number of esters is 1. The van der Waals surface area contributed by atoms with Crippen LogP contribution in [0.2, 0.25) is 0 Å². The second kappa shape index (κ2) is 8.09. The second-order valence-electron chi connectivity index (χ2n) is 5.42. The molecule has 3 N–H and O–H groups in total. The Hall–Kier alpha value is -2.45. The molecule has 0 aliphatic rings. The Labute approximate surface area is 153 Å². The largest absolute Gasteiger partial charge is 0.459 e. The van der Waals surface area contributed by atoms with Crippen LogP contribution in [0.15, 0.2) is 23.6 Å². The maximum atomic E-state index is 12.1. The zero-order valence-corrected chi connectivity index (χ0v) is 15.6. The molecular weight excluding hydrogens is 360 g/mol. The fraction of sp³-hybridized carbons (Fsp3) is 0.235. The summed E-state index contributed by atoms with van der Waals surface area (Å²) in [6.45, 7) is 5.06. The van der Waals surface area contributed by atoms with Gasteiger partial charge in [-0.25, -0.2) is 4.79 Å². The number of nitrogens with one attached hydrogen (secondary N) is 1. The van der Waals surface area contributed by atoms with E-state index in [1.165, 1.54) is 17.4 Å². The van der Waals surface area contributed by atoms with Gasteiger partial charge in [0.2, 0.25) is 5.91 Å². The molecule has 0 aromatic carbocycles. The molecule has 0 unspecified atom stereocenters. The quantitative estimate of drug-likeness (QED) is 0.594. The molecule has 8 heteroatoms. The molecule has 0 saturated carbocycles. The van der Waals surface area contributed by atoms with Crippen molar-refractivity contribution in [2.75, 3.05) is 5.32 Å². The number of carbonyl (C=O) groups is 3. The van der Waals surface area contributed by atoms with Crippen LogP contribution >= 0.6 is 22.7 Å². The molecule has 0 radical (unpaired) electrons. The SMILES string of the molecule is Cc1c(C(=O)OC(C)C)sc(NC(=O)C=Cc2cccs2)c1C(N)=O. The van der Waals surface area contributed by atoms with E-state index < -0.39 is 17.8 Å². The molecule has 0 aliphatic heterocycles. The van der Waals surface area contributed by atoms with E-state index >= 15 is 0 Å². The molecule has 25 heavy (non-hydrogen) atoms. The van der Waals surface area contributed by atoms with Gasteiger partial charge in [0.05, 0.1) is 11.7 Å². The van der Waals surface area contributed by atoms with Crippen LogP contribution in [0.4, 0.5) is 5.00 Å². The highest BCUT2D eigenvalue weighted by molar-refractivity contribution is 7.18. The van der Waals surface area contributed by atoms with Gasteiger partial charge in [0.15, 0.2) is 0 Å². The summed E-state index contributed by atoms with van der Waals surface area (Å²) in [6.07, 6.45) is 2.73. The maximum absolute atomic E-state index is 12.1. The summed E-state index contributed by atoms with van der Waals surface area (Å²) in [4.78, 5) is 37.1. The second-order valence-corrected chi connectivity index (χ2v) is 7.42. The zero-order valence-electron chi connectivity index (χ0n) is 14.0. The molecule has 6 nitrogen and oxygen atoms in total. The van der Waals surface area contributed by atoms with E-state index in [1.54, 1.807) is 26.8 Å². The zero-order chi connectivity index (χ0) is 18.6. The van der Waals surface area contributed by atoms with Crippen LogP contribution in [-0.4, -0.2) is 23.9 Å². The normalized spacial score (nSPS) is 11.0. The minimum Gasteiger partial charge on any atom is -0.459 e. The monoisotopic (exact) mass is 378 g/mol. The van der Waals surface area contributed by atoms with Crippen LogP contribution < -0.4 is 11.1 Å². The topological polar surface area (TPSA) is 98.5 Å². The predicted molar refractivity (Wildman–Crippen MR) is 100 cm³/mol. The van der Waals surface area contributed by atoms with E-state index in [0.29, 0.717) is 5.56 Å². The maximum Gasteiger partial charge on any atom is 0.348 e. The first kappa shape index (κ1) is 18.9. The van der Waals surface area contributed by atoms with E-state index in [2.05, 4.69) is 5.32 Å². The number of anilines is 1. The molecule has 2 rings (SSSR count). The third kappa shape index (κ3) is 4.77. The van der Waals surface area contributed by atoms with Crippen molar-refractivity contribution in [3.8, 4) is 0 Å². The third-order valence-corrected chi connectivity index (χ3v) is 5.13. The van der Waals surface area contributed by atoms with Crippen LogP contribution in [0.1, 0.15) is 44.3 Å². The standard InChI is InChI=1S/C17H18N2O4S2/c1-9(2)23-17(22)14-10(3)13(15(18)21)16(25-14)19-12(20)7-6-11-5-4-8-24-11/h4-9H,1-3H3,(H2,18,21)(H,19,20). The Morgan fingerprint density at radius 3 is 2.60 bits per heavy atom. The van der Waals surface area contributed by atoms with Gasteiger partial charge in [0.25, 0.3) is 5.91 Å². The number of thiophene rings is 2. The highest BCUT2D eigenvalue weighted by Crippen LogP contribution is 2.33. The number of hydrogen-bond donors (Lipinski definition) is 2. The molecule has 0 fully saturated rings. The van der Waals surface area contributed by atoms with Gasteiger partial charge >= 0.3 is 5.97 Å². The molecule has 0 bridgehead atoms. The molecular formula is C17H18N2O4S2. The first-order valence-corrected chi connectivity index (χ1v) is 9.16. The van der Waals surface area contributed by atoms with E-state index in [1.807, 2.05) is 17.5 Å². The fourth-order valence-electron chi connectivity index (χ4n) is 2.06. The average molecular weight is 378 g/mol. The van der Waals surface area contributed by atoms with Crippen LogP contribution in [0.3, 0.4) is 0 Å². The minimum absolute atomic E-state index is 0.124. The van der Waals surface area contributed by atoms with Crippen molar-refractivity contribution in [3.05, 3.63) is 44.5 Å². The Morgan fingerprint density at radius 2 is 2.04 bits per heavy atom. The number of amides is 2. The van der Waals surface area contributed by atoms with Gasteiger partial charge in [-0.05, 0) is 43.9 Å². The summed E-state index contributed by atoms with van der Waals surface area (Å²) >= 11 is 2.47. The number of carbonyl (C=O) groups excluding carboxylic acids is 3. The lowest BCUT2D eigenvalue weighted by Gasteiger charge is -2.06. The summed E-state index contributed by atoms with van der Waals surface area (Å²) < 4.78 is 5.16. The molecule has 0 spiro atoms. The predicted octanol–water partition coefficient (Wildman–Crippen LogP) is 3.43. The summed E-state index contributed by atoms with van der Waals surface area (Å²) in [5.74, 6) is -1.68. The van der Waals surface area contributed by atoms with Gasteiger partial charge in [-0.15, -0.1) is 22.7 Å². The first-order chi connectivity index (χ1) is 11.8. The highest BCUT2D eigenvalue weighted by atomic mass is 32.1. The number of ether oxygens (including phenoxy) is 1. The summed E-state index contributed by atoms with van der Waals surface area (Å²) in [5.41, 5.74) is 5.93. The van der Waals surface area contributed by atoms with Crippen LogP contribution in [0, 0.1) is 6.92 Å². The van der Waals surface area contributed by atoms with Gasteiger partial charge in [-0.1, -0.05) is 6.07 Å². The van der Waals surface area contributed by atoms with Crippen molar-refractivity contribution < 1.29 is 19.1 Å². The van der Waals surface area contributed by atoms with Crippen molar-refractivity contribution in [2.45, 2.75) is 26.9 Å². The van der Waals surface area contributed by atoms with Crippen molar-refractivity contribution >= 4 is 51.5 Å². The lowest BCUT2D eigenvalue weighted by Crippen LogP contribution is -2.16. The van der Waals surface area contributed by atoms with Crippen molar-refractivity contribution in [1.29, 1.82) is 0 Å². The molecule has 0 atom stereocenters. The van der Waals surface area contributed by atoms with Gasteiger partial charge < -0.3 is 15.8 Å². The summed E-state index contributed by atoms with van der Waals surface area (Å²) in [7, 11) is 0. The van der Waals surface area contributed by atoms with Gasteiger partial charge in [-0.2, -0.15) is 0 Å². The van der Waals surface area contributed by atoms with Gasteiger partial charge in [0.1, 0.15) is 9.88 Å². The first-order valence-electron chi connectivity index (χ1n) is 7.46.